The molecule has 1 aromatic rings. The highest BCUT2D eigenvalue weighted by Gasteiger charge is 2.53. The summed E-state index contributed by atoms with van der Waals surface area (Å²) in [6.45, 7) is 6.98. The van der Waals surface area contributed by atoms with Crippen LogP contribution in [0.1, 0.15) is 33.5 Å². The molecule has 0 amide bonds. The van der Waals surface area contributed by atoms with Crippen molar-refractivity contribution in [3.63, 3.8) is 0 Å². The van der Waals surface area contributed by atoms with E-state index in [1.54, 1.807) is 27.7 Å². The molecule has 0 radical (unpaired) electrons. The number of halogens is 4. The van der Waals surface area contributed by atoms with Crippen molar-refractivity contribution in [1.29, 1.82) is 0 Å². The van der Waals surface area contributed by atoms with Crippen molar-refractivity contribution in [1.82, 2.24) is 9.97 Å². The van der Waals surface area contributed by atoms with E-state index in [-0.39, 0.29) is 5.46 Å². The number of hydrogen-bond acceptors (Lipinski definition) is 4. The fraction of sp³-hybridized carbons (Fsp3) is 0.636. The summed E-state index contributed by atoms with van der Waals surface area (Å²) in [4.78, 5) is 5.94. The molecule has 9 heteroatoms. The Kier molecular flexibility index (Phi) is 3.33. The second kappa shape index (κ2) is 4.39. The molecule has 0 atom stereocenters. The Morgan fingerprint density at radius 1 is 1.10 bits per heavy atom. The van der Waals surface area contributed by atoms with Crippen molar-refractivity contribution >= 4 is 12.6 Å². The summed E-state index contributed by atoms with van der Waals surface area (Å²) in [6, 6.07) is 0. The minimum atomic E-state index is -4.80. The molecule has 1 fully saturated rings. The minimum absolute atomic E-state index is 0.253. The van der Waals surface area contributed by atoms with Gasteiger partial charge in [-0.25, -0.2) is 4.98 Å². The molecule has 0 aromatic carbocycles. The molecule has 0 spiro atoms. The first-order valence-corrected chi connectivity index (χ1v) is 5.89. The Hall–Kier alpha value is -1.22. The summed E-state index contributed by atoms with van der Waals surface area (Å²) in [5.74, 6) is -2.83. The zero-order valence-corrected chi connectivity index (χ0v) is 11.4. The van der Waals surface area contributed by atoms with Gasteiger partial charge in [-0.3, -0.25) is 0 Å². The van der Waals surface area contributed by atoms with Crippen LogP contribution in [-0.2, 0) is 15.5 Å². The average Bonchev–Trinajstić information content (AvgIpc) is 2.46. The lowest BCUT2D eigenvalue weighted by molar-refractivity contribution is -0.145. The predicted molar refractivity (Wildman–Crippen MR) is 62.7 cm³/mol. The standard InChI is InChI=1S/C11H13BF4N2O2/c1-9(2)10(3,4)20-12(19-9)6-5-17-8(11(14,15)16)18-7(6)13/h5H,1-4H3. The van der Waals surface area contributed by atoms with E-state index >= 15 is 0 Å². The van der Waals surface area contributed by atoms with Crippen LogP contribution in [0.4, 0.5) is 17.6 Å². The van der Waals surface area contributed by atoms with Gasteiger partial charge in [-0.2, -0.15) is 22.5 Å². The maximum Gasteiger partial charge on any atom is 0.501 e. The molecule has 20 heavy (non-hydrogen) atoms. The number of aromatic nitrogens is 2. The number of hydrogen-bond donors (Lipinski definition) is 0. The summed E-state index contributed by atoms with van der Waals surface area (Å²) < 4.78 is 61.9. The summed E-state index contributed by atoms with van der Waals surface area (Å²) >= 11 is 0. The van der Waals surface area contributed by atoms with Gasteiger partial charge in [-0.05, 0) is 27.7 Å². The molecule has 0 bridgehead atoms. The van der Waals surface area contributed by atoms with Crippen LogP contribution >= 0.6 is 0 Å². The molecule has 0 aliphatic carbocycles. The molecule has 1 aromatic heterocycles. The van der Waals surface area contributed by atoms with Gasteiger partial charge in [-0.1, -0.05) is 0 Å². The Morgan fingerprint density at radius 3 is 2.00 bits per heavy atom. The van der Waals surface area contributed by atoms with E-state index in [1.165, 1.54) is 0 Å². The van der Waals surface area contributed by atoms with Gasteiger partial charge in [0.2, 0.25) is 11.8 Å². The third-order valence-corrected chi connectivity index (χ3v) is 3.53. The van der Waals surface area contributed by atoms with Crippen LogP contribution in [0.5, 0.6) is 0 Å². The first kappa shape index (κ1) is 15.2. The van der Waals surface area contributed by atoms with Crippen LogP contribution < -0.4 is 5.46 Å². The third-order valence-electron chi connectivity index (χ3n) is 3.53. The highest BCUT2D eigenvalue weighted by atomic mass is 19.4. The van der Waals surface area contributed by atoms with Gasteiger partial charge < -0.3 is 9.31 Å². The van der Waals surface area contributed by atoms with E-state index in [1.807, 2.05) is 0 Å². The second-order valence-electron chi connectivity index (χ2n) is 5.53. The van der Waals surface area contributed by atoms with Gasteiger partial charge in [0.05, 0.1) is 16.7 Å². The van der Waals surface area contributed by atoms with Crippen LogP contribution in [0, 0.1) is 5.95 Å². The zero-order chi connectivity index (χ0) is 15.3. The topological polar surface area (TPSA) is 44.2 Å². The number of alkyl halides is 3. The molecular weight excluding hydrogens is 279 g/mol. The second-order valence-corrected chi connectivity index (χ2v) is 5.53. The first-order valence-electron chi connectivity index (χ1n) is 5.89. The van der Waals surface area contributed by atoms with Crippen molar-refractivity contribution in [2.75, 3.05) is 0 Å². The smallest absolute Gasteiger partial charge is 0.399 e. The van der Waals surface area contributed by atoms with Gasteiger partial charge in [0.25, 0.3) is 0 Å². The van der Waals surface area contributed by atoms with E-state index in [0.29, 0.717) is 0 Å². The molecular formula is C11H13BF4N2O2. The molecule has 2 heterocycles. The molecule has 2 rings (SSSR count). The lowest BCUT2D eigenvalue weighted by Gasteiger charge is -2.32. The Morgan fingerprint density at radius 2 is 1.60 bits per heavy atom. The Balaban J connectivity index is 2.33. The molecule has 1 aliphatic heterocycles. The first-order chi connectivity index (χ1) is 8.94. The quantitative estimate of drug-likeness (QED) is 0.451. The van der Waals surface area contributed by atoms with Crippen molar-refractivity contribution < 1.29 is 26.9 Å². The van der Waals surface area contributed by atoms with Crippen LogP contribution in [-0.4, -0.2) is 28.3 Å². The van der Waals surface area contributed by atoms with Gasteiger partial charge in [0.15, 0.2) is 0 Å². The van der Waals surface area contributed by atoms with E-state index < -0.39 is 36.3 Å². The van der Waals surface area contributed by atoms with E-state index in [2.05, 4.69) is 9.97 Å². The lowest BCUT2D eigenvalue weighted by atomic mass is 9.81. The lowest BCUT2D eigenvalue weighted by Crippen LogP contribution is -2.41. The highest BCUT2D eigenvalue weighted by molar-refractivity contribution is 6.62. The van der Waals surface area contributed by atoms with Crippen LogP contribution in [0.25, 0.3) is 0 Å². The molecule has 110 valence electrons. The summed E-state index contributed by atoms with van der Waals surface area (Å²) in [7, 11) is -1.14. The summed E-state index contributed by atoms with van der Waals surface area (Å²) in [5.41, 5.74) is -1.71. The van der Waals surface area contributed by atoms with Gasteiger partial charge in [-0.15, -0.1) is 0 Å². The van der Waals surface area contributed by atoms with E-state index in [0.717, 1.165) is 6.20 Å². The molecule has 0 saturated carbocycles. The minimum Gasteiger partial charge on any atom is -0.399 e. The molecule has 1 saturated heterocycles. The zero-order valence-electron chi connectivity index (χ0n) is 11.4. The Bertz CT molecular complexity index is 518. The molecule has 0 N–H and O–H groups in total. The van der Waals surface area contributed by atoms with E-state index in [4.69, 9.17) is 9.31 Å². The maximum atomic E-state index is 13.7. The Labute approximate surface area is 113 Å². The van der Waals surface area contributed by atoms with Gasteiger partial charge >= 0.3 is 13.3 Å². The van der Waals surface area contributed by atoms with Crippen molar-refractivity contribution in [3.05, 3.63) is 18.0 Å². The van der Waals surface area contributed by atoms with E-state index in [9.17, 15) is 17.6 Å². The van der Waals surface area contributed by atoms with Crippen molar-refractivity contribution in [2.45, 2.75) is 45.1 Å². The summed E-state index contributed by atoms with van der Waals surface area (Å²) in [5, 5.41) is 0. The number of rotatable bonds is 1. The normalized spacial score (nSPS) is 21.3. The highest BCUT2D eigenvalue weighted by Crippen LogP contribution is 2.36. The molecule has 4 nitrogen and oxygen atoms in total. The fourth-order valence-electron chi connectivity index (χ4n) is 1.64. The van der Waals surface area contributed by atoms with Crippen LogP contribution in [0.15, 0.2) is 6.20 Å². The third kappa shape index (κ3) is 2.51. The van der Waals surface area contributed by atoms with Crippen molar-refractivity contribution in [2.24, 2.45) is 0 Å². The molecule has 0 unspecified atom stereocenters. The predicted octanol–water partition coefficient (Wildman–Crippen LogP) is 1.93. The fourth-order valence-corrected chi connectivity index (χ4v) is 1.64. The summed E-state index contributed by atoms with van der Waals surface area (Å²) in [6.07, 6.45) is -4.05. The SMILES string of the molecule is CC1(C)OB(c2cnc(C(F)(F)F)nc2F)OC1(C)C. The number of nitrogens with zero attached hydrogens (tertiary/aromatic N) is 2. The maximum absolute atomic E-state index is 13.7. The average molecular weight is 292 g/mol. The van der Waals surface area contributed by atoms with Crippen molar-refractivity contribution in [3.8, 4) is 0 Å². The van der Waals surface area contributed by atoms with Gasteiger partial charge in [0, 0.05) is 6.20 Å². The van der Waals surface area contributed by atoms with Crippen LogP contribution in [0.2, 0.25) is 0 Å². The van der Waals surface area contributed by atoms with Gasteiger partial charge in [0.1, 0.15) is 0 Å². The largest absolute Gasteiger partial charge is 0.501 e. The molecule has 1 aliphatic rings. The monoisotopic (exact) mass is 292 g/mol. The van der Waals surface area contributed by atoms with Crippen LogP contribution in [0.3, 0.4) is 0 Å².